The number of hydrogen-bond donors (Lipinski definition) is 1. The lowest BCUT2D eigenvalue weighted by Crippen LogP contribution is -2.46. The molecule has 11 heteroatoms. The van der Waals surface area contributed by atoms with E-state index in [0.29, 0.717) is 46.7 Å². The Morgan fingerprint density at radius 2 is 1.64 bits per heavy atom. The monoisotopic (exact) mass is 626 g/mol. The van der Waals surface area contributed by atoms with E-state index in [0.717, 1.165) is 23.5 Å². The number of nitrogens with one attached hydrogen (secondary N) is 1. The molecule has 0 saturated heterocycles. The van der Waals surface area contributed by atoms with Crippen molar-refractivity contribution in [3.8, 4) is 22.9 Å². The minimum atomic E-state index is -0.727. The molecule has 1 amide bonds. The molecule has 45 heavy (non-hydrogen) atoms. The predicted octanol–water partition coefficient (Wildman–Crippen LogP) is 6.90. The fourth-order valence-electron chi connectivity index (χ4n) is 5.57. The van der Waals surface area contributed by atoms with Crippen LogP contribution < -0.4 is 14.8 Å². The lowest BCUT2D eigenvalue weighted by Gasteiger charge is -2.39. The standard InChI is InChI=1S/C34H35FN6O3S/c1-22-36-19-20-40(22)26-14-10-25(11-15-26)37-31(42)34(17-6-18-34)45-32-39-38-30(41(32)27-12-8-24(35)9-13-27)33(2,3)23-7-16-28(43-4)29(21-23)44-5/h7-16,19-21H,6,17-18H2,1-5H3,(H,37,42). The van der Waals surface area contributed by atoms with Gasteiger partial charge < -0.3 is 19.4 Å². The maximum Gasteiger partial charge on any atom is 0.241 e. The van der Waals surface area contributed by atoms with E-state index in [4.69, 9.17) is 9.47 Å². The minimum Gasteiger partial charge on any atom is -0.493 e. The summed E-state index contributed by atoms with van der Waals surface area (Å²) in [6.45, 7) is 6.04. The molecule has 0 unspecified atom stereocenters. The number of nitrogens with zero attached hydrogens (tertiary/aromatic N) is 5. The number of thioether (sulfide) groups is 1. The second-order valence-electron chi connectivity index (χ2n) is 11.6. The zero-order valence-corrected chi connectivity index (χ0v) is 26.7. The number of halogens is 1. The summed E-state index contributed by atoms with van der Waals surface area (Å²) < 4.78 is 28.2. The van der Waals surface area contributed by atoms with E-state index in [2.05, 4.69) is 20.5 Å². The Labute approximate surface area is 265 Å². The number of carbonyl (C=O) groups excluding carboxylic acids is 1. The summed E-state index contributed by atoms with van der Waals surface area (Å²) in [7, 11) is 3.20. The highest BCUT2D eigenvalue weighted by Crippen LogP contribution is 2.49. The number of rotatable bonds is 10. The minimum absolute atomic E-state index is 0.0836. The summed E-state index contributed by atoms with van der Waals surface area (Å²) in [6, 6.07) is 19.7. The molecule has 0 atom stereocenters. The Bertz CT molecular complexity index is 1830. The number of aryl methyl sites for hydroxylation is 1. The Hall–Kier alpha value is -4.64. The molecule has 1 aliphatic carbocycles. The Balaban J connectivity index is 1.33. The number of ether oxygens (including phenoxy) is 2. The van der Waals surface area contributed by atoms with Crippen LogP contribution in [0, 0.1) is 12.7 Å². The van der Waals surface area contributed by atoms with E-state index in [9.17, 15) is 9.18 Å². The van der Waals surface area contributed by atoms with E-state index >= 15 is 0 Å². The van der Waals surface area contributed by atoms with Gasteiger partial charge in [0, 0.05) is 29.5 Å². The molecule has 9 nitrogen and oxygen atoms in total. The topological polar surface area (TPSA) is 96.1 Å². The summed E-state index contributed by atoms with van der Waals surface area (Å²) >= 11 is 1.41. The van der Waals surface area contributed by atoms with Gasteiger partial charge in [0.25, 0.3) is 0 Å². The van der Waals surface area contributed by atoms with Crippen LogP contribution in [0.25, 0.3) is 11.4 Å². The van der Waals surface area contributed by atoms with Gasteiger partial charge in [-0.25, -0.2) is 9.37 Å². The molecule has 1 fully saturated rings. The van der Waals surface area contributed by atoms with Gasteiger partial charge in [0.1, 0.15) is 22.2 Å². The van der Waals surface area contributed by atoms with Crippen molar-refractivity contribution in [1.29, 1.82) is 0 Å². The first kappa shape index (κ1) is 30.4. The van der Waals surface area contributed by atoms with Crippen LogP contribution in [0.4, 0.5) is 10.1 Å². The third kappa shape index (κ3) is 5.68. The van der Waals surface area contributed by atoms with Gasteiger partial charge in [-0.2, -0.15) is 0 Å². The number of hydrogen-bond acceptors (Lipinski definition) is 7. The number of benzene rings is 3. The number of carbonyl (C=O) groups is 1. The SMILES string of the molecule is COc1ccc(C(C)(C)c2nnc(SC3(C(=O)Nc4ccc(-n5ccnc5C)cc4)CCC3)n2-c2ccc(F)cc2)cc1OC. The van der Waals surface area contributed by atoms with Gasteiger partial charge in [0.2, 0.25) is 5.91 Å². The number of imidazole rings is 1. The molecular formula is C34H35FN6O3S. The zero-order valence-electron chi connectivity index (χ0n) is 25.9. The van der Waals surface area contributed by atoms with E-state index < -0.39 is 10.2 Å². The lowest BCUT2D eigenvalue weighted by molar-refractivity contribution is -0.120. The van der Waals surface area contributed by atoms with Crippen molar-refractivity contribution in [3.63, 3.8) is 0 Å². The van der Waals surface area contributed by atoms with Crippen molar-refractivity contribution in [1.82, 2.24) is 24.3 Å². The van der Waals surface area contributed by atoms with Crippen LogP contribution in [0.1, 0.15) is 50.3 Å². The fourth-order valence-corrected chi connectivity index (χ4v) is 6.92. The van der Waals surface area contributed by atoms with Crippen molar-refractivity contribution < 1.29 is 18.7 Å². The highest BCUT2D eigenvalue weighted by atomic mass is 32.2. The van der Waals surface area contributed by atoms with Crippen molar-refractivity contribution in [2.24, 2.45) is 0 Å². The summed E-state index contributed by atoms with van der Waals surface area (Å²) in [5, 5.41) is 13.0. The lowest BCUT2D eigenvalue weighted by atomic mass is 9.83. The molecule has 1 saturated carbocycles. The molecule has 2 aromatic heterocycles. The quantitative estimate of drug-likeness (QED) is 0.180. The molecule has 1 aliphatic rings. The summed E-state index contributed by atoms with van der Waals surface area (Å²) in [6.07, 6.45) is 5.98. The largest absolute Gasteiger partial charge is 0.493 e. The smallest absolute Gasteiger partial charge is 0.241 e. The van der Waals surface area contributed by atoms with Gasteiger partial charge in [-0.1, -0.05) is 17.8 Å². The Morgan fingerprint density at radius 3 is 2.24 bits per heavy atom. The highest BCUT2D eigenvalue weighted by molar-refractivity contribution is 8.01. The molecule has 1 N–H and O–H groups in total. The van der Waals surface area contributed by atoms with Gasteiger partial charge >= 0.3 is 0 Å². The molecular weight excluding hydrogens is 591 g/mol. The summed E-state index contributed by atoms with van der Waals surface area (Å²) in [4.78, 5) is 18.1. The van der Waals surface area contributed by atoms with E-state index in [1.54, 1.807) is 32.5 Å². The number of methoxy groups -OCH3 is 2. The van der Waals surface area contributed by atoms with Gasteiger partial charge in [-0.3, -0.25) is 9.36 Å². The number of aromatic nitrogens is 5. The van der Waals surface area contributed by atoms with Crippen LogP contribution in [-0.2, 0) is 10.2 Å². The van der Waals surface area contributed by atoms with Crippen LogP contribution in [0.3, 0.4) is 0 Å². The number of anilines is 1. The van der Waals surface area contributed by atoms with Gasteiger partial charge in [0.05, 0.1) is 19.6 Å². The highest BCUT2D eigenvalue weighted by Gasteiger charge is 2.47. The molecule has 0 aliphatic heterocycles. The first-order valence-electron chi connectivity index (χ1n) is 14.7. The summed E-state index contributed by atoms with van der Waals surface area (Å²) in [5.74, 6) is 2.33. The molecule has 6 rings (SSSR count). The van der Waals surface area contributed by atoms with E-state index in [1.807, 2.05) is 78.6 Å². The first-order chi connectivity index (χ1) is 21.6. The molecule has 5 aromatic rings. The Morgan fingerprint density at radius 1 is 0.956 bits per heavy atom. The predicted molar refractivity (Wildman–Crippen MR) is 172 cm³/mol. The van der Waals surface area contributed by atoms with Crippen molar-refractivity contribution >= 4 is 23.4 Å². The molecule has 0 spiro atoms. The van der Waals surface area contributed by atoms with Crippen molar-refractivity contribution in [2.75, 3.05) is 19.5 Å². The molecule has 232 valence electrons. The molecule has 0 radical (unpaired) electrons. The second-order valence-corrected chi connectivity index (χ2v) is 13.0. The fraction of sp³-hybridized carbons (Fsp3) is 0.294. The van der Waals surface area contributed by atoms with E-state index in [1.165, 1.54) is 23.9 Å². The Kier molecular flexibility index (Phi) is 8.13. The van der Waals surface area contributed by atoms with Gasteiger partial charge in [-0.05, 0) is 106 Å². The third-order valence-corrected chi connectivity index (χ3v) is 9.90. The van der Waals surface area contributed by atoms with Crippen LogP contribution in [0.15, 0.2) is 84.3 Å². The normalized spacial score (nSPS) is 14.1. The third-order valence-electron chi connectivity index (χ3n) is 8.47. The average molecular weight is 627 g/mol. The van der Waals surface area contributed by atoms with Gasteiger partial charge in [-0.15, -0.1) is 10.2 Å². The van der Waals surface area contributed by atoms with Crippen LogP contribution in [0.5, 0.6) is 11.5 Å². The van der Waals surface area contributed by atoms with Crippen molar-refractivity contribution in [3.05, 3.63) is 102 Å². The molecule has 0 bridgehead atoms. The van der Waals surface area contributed by atoms with Crippen LogP contribution in [0.2, 0.25) is 0 Å². The van der Waals surface area contributed by atoms with Crippen LogP contribution in [-0.4, -0.2) is 49.2 Å². The maximum atomic E-state index is 14.0. The van der Waals surface area contributed by atoms with Gasteiger partial charge in [0.15, 0.2) is 16.7 Å². The summed E-state index contributed by atoms with van der Waals surface area (Å²) in [5.41, 5.74) is 2.66. The zero-order chi connectivity index (χ0) is 31.8. The van der Waals surface area contributed by atoms with Crippen LogP contribution >= 0.6 is 11.8 Å². The average Bonchev–Trinajstić information content (AvgIpc) is 3.65. The van der Waals surface area contributed by atoms with Crippen molar-refractivity contribution in [2.45, 2.75) is 55.4 Å². The number of amides is 1. The molecule has 2 heterocycles. The molecule has 3 aromatic carbocycles. The second kappa shape index (κ2) is 12.0. The van der Waals surface area contributed by atoms with E-state index in [-0.39, 0.29) is 11.7 Å². The first-order valence-corrected chi connectivity index (χ1v) is 15.5. The maximum absolute atomic E-state index is 14.0.